The van der Waals surface area contributed by atoms with E-state index in [4.69, 9.17) is 11.6 Å². The Hall–Kier alpha value is -1.47. The third-order valence-electron chi connectivity index (χ3n) is 4.85. The number of likely N-dealkylation sites (tertiary alicyclic amines) is 1. The zero-order valence-electron chi connectivity index (χ0n) is 15.9. The first kappa shape index (κ1) is 20.3. The average Bonchev–Trinajstić information content (AvgIpc) is 3.28. The Labute approximate surface area is 170 Å². The zero-order valence-corrected chi connectivity index (χ0v) is 17.5. The molecule has 0 spiro atoms. The Morgan fingerprint density at radius 1 is 1.37 bits per heavy atom. The number of carbonyl (C=O) groups is 1. The largest absolute Gasteiger partial charge is 0.353 e. The van der Waals surface area contributed by atoms with Crippen LogP contribution >= 0.6 is 22.9 Å². The van der Waals surface area contributed by atoms with Gasteiger partial charge in [-0.3, -0.25) is 14.6 Å². The van der Waals surface area contributed by atoms with E-state index < -0.39 is 0 Å². The summed E-state index contributed by atoms with van der Waals surface area (Å²) in [5.74, 6) is 0.0284. The highest BCUT2D eigenvalue weighted by Gasteiger charge is 2.25. The van der Waals surface area contributed by atoms with Crippen LogP contribution in [0.4, 0.5) is 0 Å². The minimum atomic E-state index is 0.0284. The first-order valence-corrected chi connectivity index (χ1v) is 10.6. The Balaban J connectivity index is 1.56. The van der Waals surface area contributed by atoms with Gasteiger partial charge < -0.3 is 5.32 Å². The second-order valence-electron chi connectivity index (χ2n) is 7.11. The predicted octanol–water partition coefficient (Wildman–Crippen LogP) is 3.49. The number of hydrogen-bond donors (Lipinski definition) is 1. The van der Waals surface area contributed by atoms with Crippen LogP contribution in [0.15, 0.2) is 29.6 Å². The molecule has 2 heterocycles. The number of nitrogens with one attached hydrogen (secondary N) is 1. The van der Waals surface area contributed by atoms with Crippen molar-refractivity contribution < 1.29 is 4.79 Å². The van der Waals surface area contributed by atoms with E-state index in [9.17, 15) is 4.79 Å². The van der Waals surface area contributed by atoms with E-state index in [-0.39, 0.29) is 11.9 Å². The standard InChI is InChI=1S/C20H27ClN4OS/c1-15-23-16(14-27-15)12-24(2)13-20(26)22-11-19(25-9-5-6-10-25)17-7-3-4-8-18(17)21/h3-4,7-8,14,19H,5-6,9-13H2,1-2H3,(H,22,26)/t19-/m1/s1. The number of nitrogens with zero attached hydrogens (tertiary/aromatic N) is 3. The minimum absolute atomic E-state index is 0.0284. The molecule has 2 aromatic rings. The van der Waals surface area contributed by atoms with E-state index in [0.29, 0.717) is 19.6 Å². The number of amides is 1. The zero-order chi connectivity index (χ0) is 19.2. The van der Waals surface area contributed by atoms with Gasteiger partial charge in [0.25, 0.3) is 0 Å². The first-order chi connectivity index (χ1) is 13.0. The van der Waals surface area contributed by atoms with Gasteiger partial charge in [-0.25, -0.2) is 4.98 Å². The third-order valence-corrected chi connectivity index (χ3v) is 6.02. The molecule has 5 nitrogen and oxygen atoms in total. The molecule has 0 radical (unpaired) electrons. The Bertz CT molecular complexity index is 760. The molecule has 0 saturated carbocycles. The highest BCUT2D eigenvalue weighted by atomic mass is 35.5. The number of benzene rings is 1. The summed E-state index contributed by atoms with van der Waals surface area (Å²) in [6.07, 6.45) is 2.40. The van der Waals surface area contributed by atoms with Gasteiger partial charge in [0.05, 0.1) is 23.3 Å². The molecular formula is C20H27ClN4OS. The van der Waals surface area contributed by atoms with Crippen LogP contribution in [0.2, 0.25) is 5.02 Å². The topological polar surface area (TPSA) is 48.5 Å². The summed E-state index contributed by atoms with van der Waals surface area (Å²) in [6.45, 7) is 5.70. The van der Waals surface area contributed by atoms with Crippen LogP contribution in [0.5, 0.6) is 0 Å². The molecule has 3 rings (SSSR count). The van der Waals surface area contributed by atoms with Crippen LogP contribution in [0, 0.1) is 6.92 Å². The van der Waals surface area contributed by atoms with E-state index in [1.165, 1.54) is 12.8 Å². The molecule has 0 unspecified atom stereocenters. The van der Waals surface area contributed by atoms with Gasteiger partial charge in [-0.05, 0) is 51.5 Å². The molecule has 1 aromatic heterocycles. The Morgan fingerprint density at radius 2 is 2.11 bits per heavy atom. The van der Waals surface area contributed by atoms with Crippen molar-refractivity contribution in [1.82, 2.24) is 20.1 Å². The van der Waals surface area contributed by atoms with Crippen LogP contribution in [-0.2, 0) is 11.3 Å². The quantitative estimate of drug-likeness (QED) is 0.729. The summed E-state index contributed by atoms with van der Waals surface area (Å²) in [5.41, 5.74) is 2.10. The number of aryl methyl sites for hydroxylation is 1. The minimum Gasteiger partial charge on any atom is -0.353 e. The molecule has 146 valence electrons. The fourth-order valence-corrected chi connectivity index (χ4v) is 4.42. The molecular weight excluding hydrogens is 380 g/mol. The van der Waals surface area contributed by atoms with Crippen LogP contribution < -0.4 is 5.32 Å². The predicted molar refractivity (Wildman–Crippen MR) is 111 cm³/mol. The lowest BCUT2D eigenvalue weighted by Gasteiger charge is -2.29. The van der Waals surface area contributed by atoms with Gasteiger partial charge in [0.2, 0.25) is 5.91 Å². The van der Waals surface area contributed by atoms with E-state index >= 15 is 0 Å². The van der Waals surface area contributed by atoms with Crippen molar-refractivity contribution >= 4 is 28.8 Å². The number of rotatable bonds is 8. The lowest BCUT2D eigenvalue weighted by molar-refractivity contribution is -0.122. The maximum atomic E-state index is 12.5. The molecule has 1 fully saturated rings. The van der Waals surface area contributed by atoms with Gasteiger partial charge in [0.15, 0.2) is 0 Å². The molecule has 0 bridgehead atoms. The van der Waals surface area contributed by atoms with E-state index in [0.717, 1.165) is 34.4 Å². The van der Waals surface area contributed by atoms with Crippen LogP contribution in [0.25, 0.3) is 0 Å². The smallest absolute Gasteiger partial charge is 0.234 e. The summed E-state index contributed by atoms with van der Waals surface area (Å²) in [4.78, 5) is 21.3. The van der Waals surface area contributed by atoms with Gasteiger partial charge in [0.1, 0.15) is 0 Å². The fraction of sp³-hybridized carbons (Fsp3) is 0.500. The lowest BCUT2D eigenvalue weighted by Crippen LogP contribution is -2.40. The maximum Gasteiger partial charge on any atom is 0.234 e. The molecule has 1 atom stereocenters. The summed E-state index contributed by atoms with van der Waals surface area (Å²) < 4.78 is 0. The molecule has 1 aromatic carbocycles. The highest BCUT2D eigenvalue weighted by Crippen LogP contribution is 2.29. The van der Waals surface area contributed by atoms with Crippen LogP contribution in [0.1, 0.15) is 35.1 Å². The Morgan fingerprint density at radius 3 is 2.78 bits per heavy atom. The van der Waals surface area contributed by atoms with Gasteiger partial charge in [-0.1, -0.05) is 29.8 Å². The van der Waals surface area contributed by atoms with Gasteiger partial charge in [0, 0.05) is 23.5 Å². The summed E-state index contributed by atoms with van der Waals surface area (Å²) in [5, 5.41) is 6.97. The molecule has 1 N–H and O–H groups in total. The number of aromatic nitrogens is 1. The number of thiazole rings is 1. The van der Waals surface area contributed by atoms with Crippen molar-refractivity contribution in [2.24, 2.45) is 0 Å². The number of carbonyl (C=O) groups excluding carboxylic acids is 1. The van der Waals surface area contributed by atoms with E-state index in [1.807, 2.05) is 42.5 Å². The second-order valence-corrected chi connectivity index (χ2v) is 8.58. The van der Waals surface area contributed by atoms with Crippen LogP contribution in [-0.4, -0.2) is 53.9 Å². The van der Waals surface area contributed by atoms with Crippen molar-refractivity contribution in [1.29, 1.82) is 0 Å². The van der Waals surface area contributed by atoms with Crippen LogP contribution in [0.3, 0.4) is 0 Å². The molecule has 1 saturated heterocycles. The van der Waals surface area contributed by atoms with Crippen molar-refractivity contribution in [3.8, 4) is 0 Å². The molecule has 27 heavy (non-hydrogen) atoms. The van der Waals surface area contributed by atoms with E-state index in [1.54, 1.807) is 11.3 Å². The fourth-order valence-electron chi connectivity index (χ4n) is 3.56. The molecule has 1 aliphatic heterocycles. The molecule has 0 aliphatic carbocycles. The van der Waals surface area contributed by atoms with E-state index in [2.05, 4.69) is 21.3 Å². The number of hydrogen-bond acceptors (Lipinski definition) is 5. The second kappa shape index (κ2) is 9.64. The number of halogens is 1. The molecule has 7 heteroatoms. The number of likely N-dealkylation sites (N-methyl/N-ethyl adjacent to an activating group) is 1. The maximum absolute atomic E-state index is 12.5. The van der Waals surface area contributed by atoms with Crippen molar-refractivity contribution in [3.63, 3.8) is 0 Å². The summed E-state index contributed by atoms with van der Waals surface area (Å²) >= 11 is 8.07. The monoisotopic (exact) mass is 406 g/mol. The molecule has 1 aliphatic rings. The van der Waals surface area contributed by atoms with Crippen molar-refractivity contribution in [3.05, 3.63) is 50.9 Å². The van der Waals surface area contributed by atoms with Gasteiger partial charge in [-0.2, -0.15) is 0 Å². The van der Waals surface area contributed by atoms with Gasteiger partial charge in [-0.15, -0.1) is 11.3 Å². The van der Waals surface area contributed by atoms with Crippen molar-refractivity contribution in [2.75, 3.05) is 33.2 Å². The first-order valence-electron chi connectivity index (χ1n) is 9.37. The van der Waals surface area contributed by atoms with Crippen molar-refractivity contribution in [2.45, 2.75) is 32.4 Å². The average molecular weight is 407 g/mol. The van der Waals surface area contributed by atoms with Gasteiger partial charge >= 0.3 is 0 Å². The molecule has 1 amide bonds. The normalized spacial score (nSPS) is 16.0. The SMILES string of the molecule is Cc1nc(CN(C)CC(=O)NC[C@H](c2ccccc2Cl)N2CCCC2)cs1. The lowest BCUT2D eigenvalue weighted by atomic mass is 10.1. The summed E-state index contributed by atoms with van der Waals surface area (Å²) in [6, 6.07) is 8.06. The third kappa shape index (κ3) is 5.75. The highest BCUT2D eigenvalue weighted by molar-refractivity contribution is 7.09. The summed E-state index contributed by atoms with van der Waals surface area (Å²) in [7, 11) is 1.94. The Kier molecular flexibility index (Phi) is 7.24.